The lowest BCUT2D eigenvalue weighted by Crippen LogP contribution is -1.87. The highest BCUT2D eigenvalue weighted by molar-refractivity contribution is 9.10. The zero-order valence-corrected chi connectivity index (χ0v) is 9.71. The molecule has 0 bridgehead atoms. The average Bonchev–Trinajstić information content (AvgIpc) is 2.65. The van der Waals surface area contributed by atoms with E-state index in [2.05, 4.69) is 25.9 Å². The molecular weight excluding hydrogens is 258 g/mol. The second-order valence-corrected chi connectivity index (χ2v) is 3.88. The van der Waals surface area contributed by atoms with Crippen molar-refractivity contribution >= 4 is 21.9 Å². The molecule has 1 aromatic carbocycles. The zero-order valence-electron chi connectivity index (χ0n) is 8.12. The van der Waals surface area contributed by atoms with E-state index >= 15 is 0 Å². The Kier molecular flexibility index (Phi) is 2.64. The molecule has 0 radical (unpaired) electrons. The Hall–Kier alpha value is -1.49. The molecule has 0 aliphatic carbocycles. The number of ether oxygens (including phenoxy) is 1. The van der Waals surface area contributed by atoms with Gasteiger partial charge in [0.2, 0.25) is 0 Å². The van der Waals surface area contributed by atoms with Crippen LogP contribution in [-0.4, -0.2) is 17.1 Å². The second-order valence-electron chi connectivity index (χ2n) is 3.03. The number of aromatic amines is 1. The van der Waals surface area contributed by atoms with Crippen molar-refractivity contribution in [2.24, 2.45) is 0 Å². The molecule has 1 aromatic heterocycles. The number of halogens is 1. The van der Waals surface area contributed by atoms with Crippen molar-refractivity contribution in [3.8, 4) is 17.0 Å². The Morgan fingerprint density at radius 3 is 2.87 bits per heavy atom. The number of nitrogens with two attached hydrogens (primary N) is 1. The Labute approximate surface area is 95.6 Å². The van der Waals surface area contributed by atoms with Gasteiger partial charge >= 0.3 is 0 Å². The monoisotopic (exact) mass is 267 g/mol. The first-order chi connectivity index (χ1) is 7.20. The molecule has 0 spiro atoms. The van der Waals surface area contributed by atoms with Crippen LogP contribution in [0.4, 0.5) is 5.95 Å². The van der Waals surface area contributed by atoms with Gasteiger partial charge in [0.25, 0.3) is 0 Å². The first-order valence-corrected chi connectivity index (χ1v) is 5.14. The molecule has 0 aliphatic heterocycles. The van der Waals surface area contributed by atoms with E-state index in [4.69, 9.17) is 10.5 Å². The van der Waals surface area contributed by atoms with Crippen LogP contribution in [0.25, 0.3) is 11.3 Å². The van der Waals surface area contributed by atoms with Crippen molar-refractivity contribution in [3.63, 3.8) is 0 Å². The molecule has 5 heteroatoms. The molecule has 2 aromatic rings. The van der Waals surface area contributed by atoms with Crippen LogP contribution in [-0.2, 0) is 0 Å². The van der Waals surface area contributed by atoms with Gasteiger partial charge in [-0.25, -0.2) is 4.98 Å². The number of hydrogen-bond acceptors (Lipinski definition) is 3. The molecule has 3 N–H and O–H groups in total. The molecule has 0 aliphatic rings. The van der Waals surface area contributed by atoms with Gasteiger partial charge in [-0.3, -0.25) is 0 Å². The molecule has 2 rings (SSSR count). The minimum absolute atomic E-state index is 0.403. The minimum atomic E-state index is 0.403. The summed E-state index contributed by atoms with van der Waals surface area (Å²) < 4.78 is 6.12. The molecule has 0 saturated heterocycles. The average molecular weight is 268 g/mol. The van der Waals surface area contributed by atoms with Gasteiger partial charge < -0.3 is 15.5 Å². The van der Waals surface area contributed by atoms with Gasteiger partial charge in [-0.15, -0.1) is 0 Å². The van der Waals surface area contributed by atoms with Crippen LogP contribution >= 0.6 is 15.9 Å². The van der Waals surface area contributed by atoms with Crippen molar-refractivity contribution < 1.29 is 4.74 Å². The maximum absolute atomic E-state index is 5.52. The topological polar surface area (TPSA) is 63.9 Å². The fraction of sp³-hybridized carbons (Fsp3) is 0.100. The van der Waals surface area contributed by atoms with Crippen LogP contribution < -0.4 is 10.5 Å². The minimum Gasteiger partial charge on any atom is -0.497 e. The Morgan fingerprint density at radius 1 is 1.47 bits per heavy atom. The lowest BCUT2D eigenvalue weighted by atomic mass is 10.1. The fourth-order valence-corrected chi connectivity index (χ4v) is 1.77. The van der Waals surface area contributed by atoms with Crippen molar-refractivity contribution in [3.05, 3.63) is 28.9 Å². The van der Waals surface area contributed by atoms with E-state index in [1.807, 2.05) is 18.2 Å². The van der Waals surface area contributed by atoms with Crippen molar-refractivity contribution in [1.82, 2.24) is 9.97 Å². The summed E-state index contributed by atoms with van der Waals surface area (Å²) in [5.41, 5.74) is 7.35. The summed E-state index contributed by atoms with van der Waals surface area (Å²) in [5.74, 6) is 1.20. The number of aromatic nitrogens is 2. The summed E-state index contributed by atoms with van der Waals surface area (Å²) >= 11 is 3.46. The van der Waals surface area contributed by atoms with Gasteiger partial charge in [-0.05, 0) is 18.2 Å². The molecule has 0 amide bonds. The number of nitrogens with one attached hydrogen (secondary N) is 1. The number of nitrogen functional groups attached to an aromatic ring is 1. The van der Waals surface area contributed by atoms with Gasteiger partial charge in [-0.1, -0.05) is 15.9 Å². The van der Waals surface area contributed by atoms with Crippen molar-refractivity contribution in [2.45, 2.75) is 0 Å². The summed E-state index contributed by atoms with van der Waals surface area (Å²) in [5, 5.41) is 0. The van der Waals surface area contributed by atoms with Crippen molar-refractivity contribution in [1.29, 1.82) is 0 Å². The SMILES string of the molecule is COc1ccc(Br)c(-c2cnc(N)[nH]2)c1. The lowest BCUT2D eigenvalue weighted by molar-refractivity contribution is 0.415. The Morgan fingerprint density at radius 2 is 2.27 bits per heavy atom. The summed E-state index contributed by atoms with van der Waals surface area (Å²) in [6.45, 7) is 0. The number of methoxy groups -OCH3 is 1. The van der Waals surface area contributed by atoms with E-state index in [9.17, 15) is 0 Å². The molecule has 78 valence electrons. The summed E-state index contributed by atoms with van der Waals surface area (Å²) in [4.78, 5) is 6.92. The van der Waals surface area contributed by atoms with Gasteiger partial charge in [0, 0.05) is 10.0 Å². The lowest BCUT2D eigenvalue weighted by Gasteiger charge is -2.04. The number of anilines is 1. The van der Waals surface area contributed by atoms with Gasteiger partial charge in [-0.2, -0.15) is 0 Å². The summed E-state index contributed by atoms with van der Waals surface area (Å²) in [6.07, 6.45) is 1.69. The fourth-order valence-electron chi connectivity index (χ4n) is 1.31. The van der Waals surface area contributed by atoms with E-state index in [1.54, 1.807) is 13.3 Å². The number of nitrogens with zero attached hydrogens (tertiary/aromatic N) is 1. The Balaban J connectivity index is 2.51. The maximum atomic E-state index is 5.52. The smallest absolute Gasteiger partial charge is 0.197 e. The van der Waals surface area contributed by atoms with E-state index in [-0.39, 0.29) is 0 Å². The van der Waals surface area contributed by atoms with Crippen molar-refractivity contribution in [2.75, 3.05) is 12.8 Å². The highest BCUT2D eigenvalue weighted by Crippen LogP contribution is 2.30. The van der Waals surface area contributed by atoms with Gasteiger partial charge in [0.05, 0.1) is 19.0 Å². The number of hydrogen-bond donors (Lipinski definition) is 2. The first-order valence-electron chi connectivity index (χ1n) is 4.35. The zero-order chi connectivity index (χ0) is 10.8. The van der Waals surface area contributed by atoms with E-state index in [0.717, 1.165) is 21.5 Å². The quantitative estimate of drug-likeness (QED) is 0.879. The van der Waals surface area contributed by atoms with E-state index in [1.165, 1.54) is 0 Å². The third kappa shape index (κ3) is 1.97. The normalized spacial score (nSPS) is 10.3. The maximum Gasteiger partial charge on any atom is 0.197 e. The Bertz CT molecular complexity index is 481. The van der Waals surface area contributed by atoms with Crippen LogP contribution in [0.5, 0.6) is 5.75 Å². The largest absolute Gasteiger partial charge is 0.497 e. The number of H-pyrrole nitrogens is 1. The van der Waals surface area contributed by atoms with Gasteiger partial charge in [0.15, 0.2) is 5.95 Å². The number of rotatable bonds is 2. The number of imidazole rings is 1. The van der Waals surface area contributed by atoms with Crippen LogP contribution in [0.15, 0.2) is 28.9 Å². The number of benzene rings is 1. The second kappa shape index (κ2) is 3.94. The molecule has 0 fully saturated rings. The molecule has 4 nitrogen and oxygen atoms in total. The molecular formula is C10H10BrN3O. The van der Waals surface area contributed by atoms with Crippen LogP contribution in [0.1, 0.15) is 0 Å². The summed E-state index contributed by atoms with van der Waals surface area (Å²) in [7, 11) is 1.63. The predicted octanol–water partition coefficient (Wildman–Crippen LogP) is 2.43. The molecule has 0 saturated carbocycles. The summed E-state index contributed by atoms with van der Waals surface area (Å²) in [6, 6.07) is 5.72. The third-order valence-corrected chi connectivity index (χ3v) is 2.75. The van der Waals surface area contributed by atoms with Crippen LogP contribution in [0.2, 0.25) is 0 Å². The standard InChI is InChI=1S/C10H10BrN3O/c1-15-6-2-3-8(11)7(4-6)9-5-13-10(12)14-9/h2-5H,1H3,(H3,12,13,14). The molecule has 1 heterocycles. The van der Waals surface area contributed by atoms with E-state index < -0.39 is 0 Å². The molecule has 15 heavy (non-hydrogen) atoms. The molecule has 0 atom stereocenters. The van der Waals surface area contributed by atoms with Crippen LogP contribution in [0, 0.1) is 0 Å². The first kappa shape index (κ1) is 10.0. The van der Waals surface area contributed by atoms with Crippen LogP contribution in [0.3, 0.4) is 0 Å². The molecule has 0 unspecified atom stereocenters. The third-order valence-electron chi connectivity index (χ3n) is 2.06. The predicted molar refractivity (Wildman–Crippen MR) is 62.7 cm³/mol. The highest BCUT2D eigenvalue weighted by atomic mass is 79.9. The van der Waals surface area contributed by atoms with E-state index in [0.29, 0.717) is 5.95 Å². The van der Waals surface area contributed by atoms with Gasteiger partial charge in [0.1, 0.15) is 5.75 Å². The highest BCUT2D eigenvalue weighted by Gasteiger charge is 2.07.